The average Bonchev–Trinajstić information content (AvgIpc) is 3.07. The zero-order valence-corrected chi connectivity index (χ0v) is 16.7. The van der Waals surface area contributed by atoms with Gasteiger partial charge in [0.1, 0.15) is 15.9 Å². The van der Waals surface area contributed by atoms with Crippen molar-refractivity contribution in [2.75, 3.05) is 5.32 Å². The van der Waals surface area contributed by atoms with Crippen LogP contribution in [0.25, 0.3) is 11.0 Å². The number of thioether (sulfide) groups is 1. The number of amides is 2. The fraction of sp³-hybridized carbons (Fsp3) is 0.136. The molecule has 1 unspecified atom stereocenters. The number of para-hydroxylation sites is 1. The van der Waals surface area contributed by atoms with Gasteiger partial charge in [0.25, 0.3) is 5.91 Å². The Morgan fingerprint density at radius 3 is 2.57 bits per heavy atom. The van der Waals surface area contributed by atoms with Gasteiger partial charge >= 0.3 is 5.63 Å². The molecule has 0 radical (unpaired) electrons. The number of hydrogen-bond acceptors (Lipinski definition) is 6. The molecule has 0 saturated carbocycles. The van der Waals surface area contributed by atoms with Gasteiger partial charge in [-0.2, -0.15) is 0 Å². The Morgan fingerprint density at radius 1 is 1.10 bits per heavy atom. The molecule has 3 aromatic rings. The summed E-state index contributed by atoms with van der Waals surface area (Å²) in [5, 5.41) is 2.95. The van der Waals surface area contributed by atoms with Crippen molar-refractivity contribution in [1.82, 2.24) is 0 Å². The molecule has 2 amide bonds. The van der Waals surface area contributed by atoms with Gasteiger partial charge in [-0.1, -0.05) is 30.0 Å². The number of nitrogens with one attached hydrogen (secondary N) is 1. The molecule has 1 aliphatic heterocycles. The summed E-state index contributed by atoms with van der Waals surface area (Å²) in [6, 6.07) is 15.2. The van der Waals surface area contributed by atoms with E-state index in [-0.39, 0.29) is 28.7 Å². The van der Waals surface area contributed by atoms with Crippen LogP contribution in [-0.2, 0) is 9.59 Å². The highest BCUT2D eigenvalue weighted by Gasteiger charge is 2.32. The average molecular weight is 420 g/mol. The van der Waals surface area contributed by atoms with E-state index < -0.39 is 16.8 Å². The highest BCUT2D eigenvalue weighted by Crippen LogP contribution is 2.29. The van der Waals surface area contributed by atoms with Gasteiger partial charge < -0.3 is 9.73 Å². The second kappa shape index (κ2) is 8.08. The first-order valence-electron chi connectivity index (χ1n) is 9.14. The fourth-order valence-electron chi connectivity index (χ4n) is 3.02. The molecule has 1 atom stereocenters. The molecular weight excluding hydrogens is 404 g/mol. The Bertz CT molecular complexity index is 1260. The summed E-state index contributed by atoms with van der Waals surface area (Å²) in [5.74, 6) is -0.897. The van der Waals surface area contributed by atoms with E-state index >= 15 is 0 Å². The van der Waals surface area contributed by atoms with Gasteiger partial charge in [0.05, 0.1) is 5.56 Å². The molecule has 0 bridgehead atoms. The number of anilines is 1. The Labute approximate surface area is 175 Å². The highest BCUT2D eigenvalue weighted by molar-refractivity contribution is 8.16. The van der Waals surface area contributed by atoms with Crippen LogP contribution in [0, 0.1) is 0 Å². The molecule has 0 spiro atoms. The SMILES string of the molecule is CC(=O)c1ccc(NC(=O)CC2SC(c3cc4ccccc4oc3=O)=NC2=O)cc1. The molecule has 150 valence electrons. The van der Waals surface area contributed by atoms with Crippen molar-refractivity contribution in [3.8, 4) is 0 Å². The van der Waals surface area contributed by atoms with Crippen LogP contribution in [0.15, 0.2) is 68.8 Å². The Balaban J connectivity index is 1.45. The summed E-state index contributed by atoms with van der Waals surface area (Å²) in [7, 11) is 0. The van der Waals surface area contributed by atoms with Crippen molar-refractivity contribution in [3.05, 3.63) is 76.1 Å². The van der Waals surface area contributed by atoms with E-state index in [1.54, 1.807) is 48.5 Å². The van der Waals surface area contributed by atoms with Crippen molar-refractivity contribution in [2.24, 2.45) is 4.99 Å². The normalized spacial score (nSPS) is 15.8. The minimum atomic E-state index is -0.720. The number of nitrogens with zero attached hydrogens (tertiary/aromatic N) is 1. The lowest BCUT2D eigenvalue weighted by atomic mass is 10.1. The van der Waals surface area contributed by atoms with E-state index in [1.165, 1.54) is 6.92 Å². The van der Waals surface area contributed by atoms with Gasteiger partial charge in [0.15, 0.2) is 5.78 Å². The van der Waals surface area contributed by atoms with Gasteiger partial charge in [-0.25, -0.2) is 9.79 Å². The highest BCUT2D eigenvalue weighted by atomic mass is 32.2. The van der Waals surface area contributed by atoms with Gasteiger partial charge in [0.2, 0.25) is 5.91 Å². The number of fused-ring (bicyclic) bond motifs is 1. The van der Waals surface area contributed by atoms with Crippen LogP contribution in [0.4, 0.5) is 5.69 Å². The Kier molecular flexibility index (Phi) is 5.33. The van der Waals surface area contributed by atoms with Crippen LogP contribution in [0.5, 0.6) is 0 Å². The maximum absolute atomic E-state index is 12.3. The third-order valence-electron chi connectivity index (χ3n) is 4.56. The Morgan fingerprint density at radius 2 is 1.83 bits per heavy atom. The van der Waals surface area contributed by atoms with Crippen molar-refractivity contribution >= 4 is 51.1 Å². The number of benzene rings is 2. The summed E-state index contributed by atoms with van der Waals surface area (Å²) >= 11 is 1.07. The molecule has 7 nitrogen and oxygen atoms in total. The summed E-state index contributed by atoms with van der Waals surface area (Å²) in [5.41, 5.74) is 1.14. The van der Waals surface area contributed by atoms with Crippen molar-refractivity contribution < 1.29 is 18.8 Å². The third-order valence-corrected chi connectivity index (χ3v) is 5.75. The topological polar surface area (TPSA) is 106 Å². The predicted molar refractivity (Wildman–Crippen MR) is 115 cm³/mol. The molecule has 0 aliphatic carbocycles. The first-order valence-corrected chi connectivity index (χ1v) is 10.0. The lowest BCUT2D eigenvalue weighted by molar-refractivity contribution is -0.121. The van der Waals surface area contributed by atoms with Gasteiger partial charge in [-0.05, 0) is 43.3 Å². The van der Waals surface area contributed by atoms with Crippen LogP contribution in [-0.4, -0.2) is 27.9 Å². The van der Waals surface area contributed by atoms with Crippen LogP contribution in [0.2, 0.25) is 0 Å². The third kappa shape index (κ3) is 4.08. The molecule has 8 heteroatoms. The number of aliphatic imine (C=N–C) groups is 1. The molecule has 0 fully saturated rings. The van der Waals surface area contributed by atoms with Crippen LogP contribution >= 0.6 is 11.8 Å². The first-order chi connectivity index (χ1) is 14.4. The molecule has 0 saturated heterocycles. The molecule has 1 aliphatic rings. The van der Waals surface area contributed by atoms with E-state index in [4.69, 9.17) is 4.42 Å². The summed E-state index contributed by atoms with van der Waals surface area (Å²) < 4.78 is 5.30. The fourth-order valence-corrected chi connectivity index (χ4v) is 4.09. The van der Waals surface area contributed by atoms with Gasteiger partial charge in [-0.3, -0.25) is 14.4 Å². The van der Waals surface area contributed by atoms with Crippen molar-refractivity contribution in [3.63, 3.8) is 0 Å². The second-order valence-electron chi connectivity index (χ2n) is 6.73. The number of ketones is 1. The molecule has 4 rings (SSSR count). The van der Waals surface area contributed by atoms with E-state index in [2.05, 4.69) is 10.3 Å². The minimum absolute atomic E-state index is 0.0660. The summed E-state index contributed by atoms with van der Waals surface area (Å²) in [6.07, 6.45) is -0.0934. The summed E-state index contributed by atoms with van der Waals surface area (Å²) in [4.78, 5) is 52.2. The zero-order chi connectivity index (χ0) is 21.3. The standard InChI is InChI=1S/C22H16N2O5S/c1-12(25)13-6-8-15(9-7-13)23-19(26)11-18-20(27)24-21(30-18)16-10-14-4-2-3-5-17(14)29-22(16)28/h2-10,18H,11H2,1H3,(H,23,26). The molecule has 2 aromatic carbocycles. The number of Topliss-reactive ketones (excluding diaryl/α,β-unsaturated/α-hetero) is 1. The molecule has 2 heterocycles. The van der Waals surface area contributed by atoms with Crippen molar-refractivity contribution in [1.29, 1.82) is 0 Å². The number of carbonyl (C=O) groups excluding carboxylic acids is 3. The number of rotatable bonds is 5. The zero-order valence-electron chi connectivity index (χ0n) is 15.9. The van der Waals surface area contributed by atoms with Crippen molar-refractivity contribution in [2.45, 2.75) is 18.6 Å². The first kappa shape index (κ1) is 19.8. The predicted octanol–water partition coefficient (Wildman–Crippen LogP) is 3.41. The molecular formula is C22H16N2O5S. The lowest BCUT2D eigenvalue weighted by Crippen LogP contribution is -2.21. The largest absolute Gasteiger partial charge is 0.422 e. The van der Waals surface area contributed by atoms with Gasteiger partial charge in [-0.15, -0.1) is 0 Å². The molecule has 30 heavy (non-hydrogen) atoms. The summed E-state index contributed by atoms with van der Waals surface area (Å²) in [6.45, 7) is 1.46. The minimum Gasteiger partial charge on any atom is -0.422 e. The number of carbonyl (C=O) groups is 3. The Hall–Kier alpha value is -3.52. The van der Waals surface area contributed by atoms with E-state index in [1.807, 2.05) is 6.07 Å². The monoisotopic (exact) mass is 420 g/mol. The van der Waals surface area contributed by atoms with E-state index in [0.29, 0.717) is 16.8 Å². The van der Waals surface area contributed by atoms with E-state index in [0.717, 1.165) is 17.1 Å². The van der Waals surface area contributed by atoms with Crippen LogP contribution in [0.1, 0.15) is 29.3 Å². The maximum Gasteiger partial charge on any atom is 0.346 e. The van der Waals surface area contributed by atoms with Crippen LogP contribution < -0.4 is 10.9 Å². The smallest absolute Gasteiger partial charge is 0.346 e. The molecule has 1 N–H and O–H groups in total. The number of hydrogen-bond donors (Lipinski definition) is 1. The second-order valence-corrected chi connectivity index (χ2v) is 7.92. The maximum atomic E-state index is 12.3. The van der Waals surface area contributed by atoms with E-state index in [9.17, 15) is 19.2 Å². The quantitative estimate of drug-likeness (QED) is 0.501. The molecule has 1 aromatic heterocycles. The van der Waals surface area contributed by atoms with Gasteiger partial charge in [0, 0.05) is 23.1 Å². The van der Waals surface area contributed by atoms with Crippen LogP contribution in [0.3, 0.4) is 0 Å². The lowest BCUT2D eigenvalue weighted by Gasteiger charge is -2.09.